The van der Waals surface area contributed by atoms with E-state index in [-0.39, 0.29) is 12.0 Å². The van der Waals surface area contributed by atoms with Crippen LogP contribution in [0.25, 0.3) is 33.8 Å². The highest BCUT2D eigenvalue weighted by Gasteiger charge is 2.38. The topological polar surface area (TPSA) is 79.2 Å². The molecule has 5 N–H and O–H groups in total. The van der Waals surface area contributed by atoms with Crippen LogP contribution in [0.2, 0.25) is 0 Å². The molecule has 0 saturated heterocycles. The Morgan fingerprint density at radius 1 is 0.781 bits per heavy atom. The van der Waals surface area contributed by atoms with Crippen LogP contribution in [0.15, 0.2) is 144 Å². The molecule has 2 aliphatic heterocycles. The molecule has 0 fully saturated rings. The van der Waals surface area contributed by atoms with E-state index in [2.05, 4.69) is 196 Å². The molecule has 73 heavy (non-hydrogen) atoms. The molecule has 4 aliphatic rings. The number of fused-ring (bicyclic) bond motifs is 5. The lowest BCUT2D eigenvalue weighted by atomic mass is 9.81. The summed E-state index contributed by atoms with van der Waals surface area (Å²) in [5, 5.41) is 1.14. The fourth-order valence-corrected chi connectivity index (χ4v) is 12.7. The van der Waals surface area contributed by atoms with E-state index in [4.69, 9.17) is 11.5 Å². The fourth-order valence-electron chi connectivity index (χ4n) is 12.7. The predicted octanol–water partition coefficient (Wildman–Crippen LogP) is 18.3. The van der Waals surface area contributed by atoms with Crippen LogP contribution in [0.5, 0.6) is 0 Å². The molecule has 0 radical (unpaired) electrons. The standard InChI is InChI=1S/C67H86N6/c1-8-15-21-46(12-5)38-49-26-30-54(31-27-49)72-64-34-29-51(43-60(64)58-36-37-70-67(58)72)56-24-18-19-25-63(56)73-65-35-32-55(44-61(65)57(20-11-4)66(73)69)71-45-52(42-53(68)40-48(14-7)23-17-10-3)59-41-50(28-33-62(59)71)39-47(13-6)22-16-9-2/h11,18-20,24-33,35-37,42-48,59,64,70H,8-10,12-17,21-23,34,38-41,68-69H2,1-7H3/b20-11-,53-42-. The summed E-state index contributed by atoms with van der Waals surface area (Å²) in [6.45, 7) is 16.0. The van der Waals surface area contributed by atoms with E-state index in [1.165, 1.54) is 128 Å². The van der Waals surface area contributed by atoms with Crippen LogP contribution >= 0.6 is 0 Å². The number of nitrogen functional groups attached to an aromatic ring is 1. The number of allylic oxidation sites excluding steroid dienone is 9. The van der Waals surface area contributed by atoms with Gasteiger partial charge in [-0.15, -0.1) is 0 Å². The van der Waals surface area contributed by atoms with Gasteiger partial charge in [-0.2, -0.15) is 0 Å². The van der Waals surface area contributed by atoms with Crippen molar-refractivity contribution in [1.82, 2.24) is 9.55 Å². The summed E-state index contributed by atoms with van der Waals surface area (Å²) in [4.78, 5) is 8.60. The number of nitrogens with two attached hydrogens (primary N) is 2. The second kappa shape index (κ2) is 23.8. The number of H-pyrrole nitrogens is 1. The van der Waals surface area contributed by atoms with E-state index in [9.17, 15) is 0 Å². The quantitative estimate of drug-likeness (QED) is 0.0576. The highest BCUT2D eigenvalue weighted by molar-refractivity contribution is 6.02. The van der Waals surface area contributed by atoms with Crippen molar-refractivity contribution in [2.45, 2.75) is 164 Å². The van der Waals surface area contributed by atoms with E-state index in [1.807, 2.05) is 0 Å². The van der Waals surface area contributed by atoms with Crippen LogP contribution in [0.1, 0.15) is 173 Å². The first-order valence-electron chi connectivity index (χ1n) is 28.7. The first-order chi connectivity index (χ1) is 35.7. The summed E-state index contributed by atoms with van der Waals surface area (Å²) in [7, 11) is 0. The molecule has 6 nitrogen and oxygen atoms in total. The zero-order chi connectivity index (χ0) is 51.0. The number of nitrogens with zero attached hydrogens (tertiary/aromatic N) is 3. The molecule has 4 heterocycles. The molecule has 2 aromatic heterocycles. The maximum absolute atomic E-state index is 7.38. The van der Waals surface area contributed by atoms with Crippen LogP contribution < -0.4 is 21.3 Å². The smallest absolute Gasteiger partial charge is 0.118 e. The van der Waals surface area contributed by atoms with Crippen LogP contribution in [0.3, 0.4) is 0 Å². The van der Waals surface area contributed by atoms with Crippen LogP contribution in [0.4, 0.5) is 23.0 Å². The van der Waals surface area contributed by atoms with Gasteiger partial charge in [0.1, 0.15) is 11.6 Å². The van der Waals surface area contributed by atoms with Crippen molar-refractivity contribution < 1.29 is 0 Å². The summed E-state index contributed by atoms with van der Waals surface area (Å²) in [6, 6.07) is 27.7. The van der Waals surface area contributed by atoms with Crippen molar-refractivity contribution in [3.63, 3.8) is 0 Å². The zero-order valence-corrected chi connectivity index (χ0v) is 45.5. The van der Waals surface area contributed by atoms with Crippen molar-refractivity contribution in [3.8, 4) is 5.69 Å². The Kier molecular flexibility index (Phi) is 16.9. The number of hydrogen-bond donors (Lipinski definition) is 3. The number of hydrogen-bond acceptors (Lipinski definition) is 4. The molecular formula is C67H86N6. The van der Waals surface area contributed by atoms with E-state index in [0.29, 0.717) is 5.92 Å². The number of para-hydroxylation sites is 1. The number of unbranched alkanes of at least 4 members (excludes halogenated alkanes) is 3. The molecule has 9 rings (SSSR count). The van der Waals surface area contributed by atoms with Gasteiger partial charge in [-0.05, 0) is 140 Å². The molecule has 0 amide bonds. The van der Waals surface area contributed by atoms with Crippen LogP contribution in [-0.4, -0.2) is 15.6 Å². The maximum atomic E-state index is 7.38. The van der Waals surface area contributed by atoms with Gasteiger partial charge in [0.2, 0.25) is 0 Å². The second-order valence-electron chi connectivity index (χ2n) is 21.9. The third-order valence-corrected chi connectivity index (χ3v) is 17.0. The van der Waals surface area contributed by atoms with Gasteiger partial charge < -0.3 is 26.3 Å². The van der Waals surface area contributed by atoms with Gasteiger partial charge in [0.25, 0.3) is 0 Å². The number of nitrogens with one attached hydrogen (secondary N) is 1. The first-order valence-corrected chi connectivity index (χ1v) is 28.7. The Labute approximate surface area is 439 Å². The maximum Gasteiger partial charge on any atom is 0.118 e. The summed E-state index contributed by atoms with van der Waals surface area (Å²) < 4.78 is 2.29. The molecule has 6 heteroatoms. The minimum atomic E-state index is 0.223. The minimum Gasteiger partial charge on any atom is -0.402 e. The van der Waals surface area contributed by atoms with E-state index in [0.717, 1.165) is 83.3 Å². The van der Waals surface area contributed by atoms with Gasteiger partial charge in [0.05, 0.1) is 17.2 Å². The first kappa shape index (κ1) is 51.7. The number of aromatic amines is 1. The number of benzene rings is 3. The summed E-state index contributed by atoms with van der Waals surface area (Å²) in [5.74, 6) is 4.31. The fraction of sp³-hybridized carbons (Fsp3) is 0.433. The molecule has 5 unspecified atom stereocenters. The molecule has 2 aliphatic carbocycles. The summed E-state index contributed by atoms with van der Waals surface area (Å²) in [6.07, 6.45) is 41.2. The number of anilines is 4. The lowest BCUT2D eigenvalue weighted by molar-refractivity contribution is 0.438. The SMILES string of the molecule is C/C=C\c1c(N)n(-c2ccccc2C2=CCC3C(=C2)c2cc[nH]c2N3c2ccc(CC(CC)CCCC)cc2)c2ccc(N3C=C(/C=C(\N)CC(CC)CCCC)C4CC(CC(CC)CCCC)=CC=C43)cc12. The van der Waals surface area contributed by atoms with Crippen molar-refractivity contribution >= 4 is 51.1 Å². The Morgan fingerprint density at radius 3 is 2.19 bits per heavy atom. The predicted molar refractivity (Wildman–Crippen MR) is 316 cm³/mol. The molecule has 384 valence electrons. The van der Waals surface area contributed by atoms with Gasteiger partial charge in [-0.3, -0.25) is 4.57 Å². The van der Waals surface area contributed by atoms with Gasteiger partial charge in [0.15, 0.2) is 0 Å². The van der Waals surface area contributed by atoms with Crippen LogP contribution in [-0.2, 0) is 6.42 Å². The minimum absolute atomic E-state index is 0.223. The Hall–Kier alpha value is -6.14. The van der Waals surface area contributed by atoms with Crippen molar-refractivity contribution in [2.75, 3.05) is 15.5 Å². The third kappa shape index (κ3) is 10.9. The van der Waals surface area contributed by atoms with Crippen molar-refractivity contribution in [2.24, 2.45) is 29.4 Å². The second-order valence-corrected chi connectivity index (χ2v) is 21.9. The van der Waals surface area contributed by atoms with Gasteiger partial charge >= 0.3 is 0 Å². The third-order valence-electron chi connectivity index (χ3n) is 17.0. The van der Waals surface area contributed by atoms with Crippen LogP contribution in [0, 0.1) is 23.7 Å². The molecular weight excluding hydrogens is 889 g/mol. The monoisotopic (exact) mass is 975 g/mol. The van der Waals surface area contributed by atoms with Crippen molar-refractivity contribution in [1.29, 1.82) is 0 Å². The average Bonchev–Trinajstić information content (AvgIpc) is 4.18. The number of aromatic nitrogens is 2. The summed E-state index contributed by atoms with van der Waals surface area (Å²) >= 11 is 0. The van der Waals surface area contributed by atoms with E-state index >= 15 is 0 Å². The Morgan fingerprint density at radius 2 is 1.48 bits per heavy atom. The highest BCUT2D eigenvalue weighted by atomic mass is 15.2. The van der Waals surface area contributed by atoms with E-state index < -0.39 is 0 Å². The van der Waals surface area contributed by atoms with Gasteiger partial charge in [-0.1, -0.05) is 179 Å². The molecule has 5 atom stereocenters. The number of rotatable bonds is 24. The zero-order valence-electron chi connectivity index (χ0n) is 45.5. The highest BCUT2D eigenvalue weighted by Crippen LogP contribution is 2.50. The lowest BCUT2D eigenvalue weighted by Crippen LogP contribution is -2.28. The lowest BCUT2D eigenvalue weighted by Gasteiger charge is -2.30. The van der Waals surface area contributed by atoms with E-state index in [1.54, 1.807) is 5.57 Å². The Bertz CT molecular complexity index is 2920. The average molecular weight is 975 g/mol. The summed E-state index contributed by atoms with van der Waals surface area (Å²) in [5.41, 5.74) is 31.7. The molecule has 0 saturated carbocycles. The normalized spacial score (nSPS) is 18.8. The molecule has 3 aromatic carbocycles. The van der Waals surface area contributed by atoms with Gasteiger partial charge in [-0.25, -0.2) is 0 Å². The molecule has 0 spiro atoms. The molecule has 0 bridgehead atoms. The van der Waals surface area contributed by atoms with Gasteiger partial charge in [0, 0.05) is 63.2 Å². The van der Waals surface area contributed by atoms with Crippen molar-refractivity contribution in [3.05, 3.63) is 166 Å². The Balaban J connectivity index is 1.04. The largest absolute Gasteiger partial charge is 0.402 e. The molecule has 5 aromatic rings.